The van der Waals surface area contributed by atoms with E-state index in [0.717, 1.165) is 11.4 Å². The summed E-state index contributed by atoms with van der Waals surface area (Å²) in [7, 11) is 0. The van der Waals surface area contributed by atoms with Crippen LogP contribution < -0.4 is 11.1 Å². The van der Waals surface area contributed by atoms with Crippen molar-refractivity contribution in [3.8, 4) is 6.07 Å². The van der Waals surface area contributed by atoms with Gasteiger partial charge in [0.1, 0.15) is 5.60 Å². The first-order valence-electron chi connectivity index (χ1n) is 13.6. The molecule has 5 rings (SSSR count). The molecule has 2 atom stereocenters. The van der Waals surface area contributed by atoms with Crippen LogP contribution in [0.15, 0.2) is 40.5 Å². The molecule has 3 N–H and O–H groups in total. The van der Waals surface area contributed by atoms with Gasteiger partial charge >= 0.3 is 6.09 Å². The molecule has 2 aliphatic carbocycles. The third-order valence-corrected chi connectivity index (χ3v) is 7.88. The predicted octanol–water partition coefficient (Wildman–Crippen LogP) is 4.07. The van der Waals surface area contributed by atoms with Crippen molar-refractivity contribution in [3.05, 3.63) is 41.1 Å². The lowest BCUT2D eigenvalue weighted by molar-refractivity contribution is -0.138. The Hall–Kier alpha value is -3.38. The Balaban J connectivity index is 1.48. The Kier molecular flexibility index (Phi) is 7.19. The van der Waals surface area contributed by atoms with Crippen molar-refractivity contribution >= 4 is 23.4 Å². The fourth-order valence-electron chi connectivity index (χ4n) is 5.49. The van der Waals surface area contributed by atoms with E-state index in [9.17, 15) is 9.59 Å². The molecule has 1 saturated heterocycles. The third-order valence-electron chi connectivity index (χ3n) is 7.88. The summed E-state index contributed by atoms with van der Waals surface area (Å²) in [5.41, 5.74) is 9.85. The molecule has 1 aromatic carbocycles. The van der Waals surface area contributed by atoms with Gasteiger partial charge in [-0.3, -0.25) is 14.7 Å². The Bertz CT molecular complexity index is 1180. The lowest BCUT2D eigenvalue weighted by atomic mass is 9.80. The molecule has 0 radical (unpaired) electrons. The number of ether oxygens (including phenoxy) is 2. The lowest BCUT2D eigenvalue weighted by Gasteiger charge is -2.39. The second-order valence-electron chi connectivity index (χ2n) is 11.8. The van der Waals surface area contributed by atoms with E-state index in [1.165, 1.54) is 24.8 Å². The van der Waals surface area contributed by atoms with Gasteiger partial charge in [-0.2, -0.15) is 5.26 Å². The van der Waals surface area contributed by atoms with E-state index in [-0.39, 0.29) is 30.2 Å². The van der Waals surface area contributed by atoms with Gasteiger partial charge in [0, 0.05) is 30.8 Å². The summed E-state index contributed by atoms with van der Waals surface area (Å²) in [5.74, 6) is 0.228. The summed E-state index contributed by atoms with van der Waals surface area (Å²) in [6.07, 6.45) is 3.69. The van der Waals surface area contributed by atoms with E-state index < -0.39 is 23.8 Å². The number of hydrogen-bond acceptors (Lipinski definition) is 7. The fourth-order valence-corrected chi connectivity index (χ4v) is 5.49. The van der Waals surface area contributed by atoms with E-state index in [2.05, 4.69) is 23.5 Å². The minimum atomic E-state index is -1.01. The maximum atomic E-state index is 13.2. The first-order valence-corrected chi connectivity index (χ1v) is 13.6. The zero-order valence-electron chi connectivity index (χ0n) is 22.4. The smallest absolute Gasteiger partial charge is 0.410 e. The largest absolute Gasteiger partial charge is 0.444 e. The molecule has 3 fully saturated rings. The van der Waals surface area contributed by atoms with Crippen LogP contribution in [0.4, 0.5) is 10.5 Å². The molecule has 2 unspecified atom stereocenters. The molecule has 4 aliphatic rings. The number of benzene rings is 1. The van der Waals surface area contributed by atoms with Crippen molar-refractivity contribution in [1.82, 2.24) is 10.2 Å². The standard InChI is InChI=1S/C29H37N5O4/c1-29(2,3)38-28(36)34-12-11-22(33-20-9-7-19(8-10-20)18-5-4-6-18)24-23(34)16-32-27(35)26(25(24)31)37-21-13-17(14-21)15-30/h7-10,17-18,21,23,26H,4-6,11-14,16,31H2,1-3H3,(H,32,35). The van der Waals surface area contributed by atoms with Crippen LogP contribution in [0.5, 0.6) is 0 Å². The van der Waals surface area contributed by atoms with Gasteiger partial charge in [0.2, 0.25) is 0 Å². The summed E-state index contributed by atoms with van der Waals surface area (Å²) >= 11 is 0. The highest BCUT2D eigenvalue weighted by Crippen LogP contribution is 2.37. The molecule has 2 aliphatic heterocycles. The number of nitrogens with zero attached hydrogens (tertiary/aromatic N) is 3. The summed E-state index contributed by atoms with van der Waals surface area (Å²) in [5, 5.41) is 12.0. The number of aliphatic imine (C=N–C) groups is 1. The number of nitrogens with one attached hydrogen (secondary N) is 1. The maximum absolute atomic E-state index is 13.2. The Morgan fingerprint density at radius 3 is 2.53 bits per heavy atom. The molecule has 2 saturated carbocycles. The number of nitrogens with two attached hydrogens (primary N) is 1. The number of nitriles is 1. The van der Waals surface area contributed by atoms with Crippen molar-refractivity contribution in [2.45, 2.75) is 89.1 Å². The minimum absolute atomic E-state index is 0.0622. The molecular weight excluding hydrogens is 482 g/mol. The fraction of sp³-hybridized carbons (Fsp3) is 0.586. The van der Waals surface area contributed by atoms with Gasteiger partial charge < -0.3 is 20.5 Å². The second kappa shape index (κ2) is 10.4. The molecule has 2 heterocycles. The SMILES string of the molecule is CC(C)(C)OC(=O)N1CCC(=Nc2ccc(C3CCC3)cc2)C2=C(N)C(OC3CC(C#N)C3)C(=O)NCC21. The topological polar surface area (TPSA) is 130 Å². The number of fused-ring (bicyclic) bond motifs is 1. The first kappa shape index (κ1) is 26.2. The number of rotatable bonds is 4. The van der Waals surface area contributed by atoms with Gasteiger partial charge in [0.15, 0.2) is 6.10 Å². The number of carbonyl (C=O) groups is 2. The van der Waals surface area contributed by atoms with Gasteiger partial charge in [-0.1, -0.05) is 18.6 Å². The van der Waals surface area contributed by atoms with Gasteiger partial charge in [-0.15, -0.1) is 0 Å². The molecule has 9 heteroatoms. The van der Waals surface area contributed by atoms with Gasteiger partial charge in [0.05, 0.1) is 35.5 Å². The molecule has 9 nitrogen and oxygen atoms in total. The summed E-state index contributed by atoms with van der Waals surface area (Å²) in [4.78, 5) is 32.9. The monoisotopic (exact) mass is 519 g/mol. The summed E-state index contributed by atoms with van der Waals surface area (Å²) in [6, 6.07) is 10.0. The molecular formula is C29H37N5O4. The van der Waals surface area contributed by atoms with E-state index in [4.69, 9.17) is 25.5 Å². The quantitative estimate of drug-likeness (QED) is 0.617. The van der Waals surface area contributed by atoms with Crippen LogP contribution in [-0.2, 0) is 14.3 Å². The van der Waals surface area contributed by atoms with Crippen molar-refractivity contribution in [2.75, 3.05) is 13.1 Å². The molecule has 0 aromatic heterocycles. The van der Waals surface area contributed by atoms with E-state index in [1.807, 2.05) is 32.9 Å². The van der Waals surface area contributed by atoms with Crippen LogP contribution in [0.3, 0.4) is 0 Å². The van der Waals surface area contributed by atoms with Gasteiger partial charge in [0.25, 0.3) is 5.91 Å². The van der Waals surface area contributed by atoms with E-state index in [0.29, 0.717) is 37.3 Å². The Morgan fingerprint density at radius 2 is 1.92 bits per heavy atom. The molecule has 1 aromatic rings. The van der Waals surface area contributed by atoms with Crippen LogP contribution in [0.1, 0.15) is 70.8 Å². The Morgan fingerprint density at radius 1 is 1.21 bits per heavy atom. The number of hydrogen-bond donors (Lipinski definition) is 2. The number of likely N-dealkylation sites (tertiary alicyclic amines) is 1. The second-order valence-corrected chi connectivity index (χ2v) is 11.8. The molecule has 0 bridgehead atoms. The van der Waals surface area contributed by atoms with Crippen LogP contribution in [0, 0.1) is 17.2 Å². The van der Waals surface area contributed by atoms with E-state index in [1.54, 1.807) is 4.90 Å². The first-order chi connectivity index (χ1) is 18.1. The maximum Gasteiger partial charge on any atom is 0.410 e. The van der Waals surface area contributed by atoms with Crippen LogP contribution in [0.2, 0.25) is 0 Å². The summed E-state index contributed by atoms with van der Waals surface area (Å²) in [6.45, 7) is 6.05. The van der Waals surface area contributed by atoms with E-state index >= 15 is 0 Å². The third kappa shape index (κ3) is 5.41. The van der Waals surface area contributed by atoms with Crippen LogP contribution in [-0.4, -0.2) is 59.6 Å². The van der Waals surface area contributed by atoms with Gasteiger partial charge in [-0.25, -0.2) is 4.79 Å². The predicted molar refractivity (Wildman–Crippen MR) is 143 cm³/mol. The molecule has 38 heavy (non-hydrogen) atoms. The zero-order valence-corrected chi connectivity index (χ0v) is 22.4. The normalized spacial score (nSPS) is 28.9. The number of carbonyl (C=O) groups excluding carboxylic acids is 2. The van der Waals surface area contributed by atoms with Crippen molar-refractivity contribution in [1.29, 1.82) is 5.26 Å². The Labute approximate surface area is 224 Å². The highest BCUT2D eigenvalue weighted by Gasteiger charge is 2.44. The van der Waals surface area contributed by atoms with Crippen LogP contribution in [0.25, 0.3) is 0 Å². The number of amides is 2. The number of piperidine rings is 1. The van der Waals surface area contributed by atoms with Crippen molar-refractivity contribution in [2.24, 2.45) is 16.6 Å². The molecule has 202 valence electrons. The zero-order chi connectivity index (χ0) is 27.0. The molecule has 2 amide bonds. The molecule has 0 spiro atoms. The highest BCUT2D eigenvalue weighted by molar-refractivity contribution is 6.06. The van der Waals surface area contributed by atoms with Crippen molar-refractivity contribution in [3.63, 3.8) is 0 Å². The van der Waals surface area contributed by atoms with Gasteiger partial charge in [-0.05, 0) is 70.1 Å². The summed E-state index contributed by atoms with van der Waals surface area (Å²) < 4.78 is 11.8. The lowest BCUT2D eigenvalue weighted by Crippen LogP contribution is -2.53. The average molecular weight is 520 g/mol. The van der Waals surface area contributed by atoms with Crippen molar-refractivity contribution < 1.29 is 19.1 Å². The average Bonchev–Trinajstić information content (AvgIpc) is 2.92. The van der Waals surface area contributed by atoms with Crippen LogP contribution >= 0.6 is 0 Å². The minimum Gasteiger partial charge on any atom is -0.444 e. The highest BCUT2D eigenvalue weighted by atomic mass is 16.6.